The zero-order chi connectivity index (χ0) is 14.3. The van der Waals surface area contributed by atoms with Gasteiger partial charge in [0.25, 0.3) is 0 Å². The first kappa shape index (κ1) is 13.9. The van der Waals surface area contributed by atoms with Gasteiger partial charge in [0.2, 0.25) is 5.91 Å². The summed E-state index contributed by atoms with van der Waals surface area (Å²) in [7, 11) is 0. The van der Waals surface area contributed by atoms with E-state index in [1.165, 1.54) is 40.0 Å². The number of fused-ring (bicyclic) bond motifs is 1. The van der Waals surface area contributed by atoms with Gasteiger partial charge < -0.3 is 10.8 Å². The van der Waals surface area contributed by atoms with Crippen LogP contribution in [-0.4, -0.2) is 48.6 Å². The van der Waals surface area contributed by atoms with E-state index in [0.717, 1.165) is 5.69 Å². The lowest BCUT2D eigenvalue weighted by molar-refractivity contribution is -0.147. The molecule has 1 fully saturated rings. The highest BCUT2D eigenvalue weighted by atomic mass is 32.2. The van der Waals surface area contributed by atoms with Gasteiger partial charge in [0.1, 0.15) is 17.1 Å². The number of aromatic nitrogens is 2. The standard InChI is InChI=1S/C10H10N4O3S3/c11-6-8(15)14-7(10(16)17)5(3-19-9(6)14)18-1-4-2-20-13-12-4/h2,6,9H,1,3,11H2,(H,16,17)/t6-,9+/m1/s1. The quantitative estimate of drug-likeness (QED) is 0.759. The fraction of sp³-hybridized carbons (Fsp3) is 0.400. The first-order valence-corrected chi connectivity index (χ1v) is 8.52. The molecule has 0 unspecified atom stereocenters. The van der Waals surface area contributed by atoms with Crippen molar-refractivity contribution in [2.75, 3.05) is 5.75 Å². The van der Waals surface area contributed by atoms with Crippen molar-refractivity contribution in [1.82, 2.24) is 14.5 Å². The Bertz CT molecular complexity index is 589. The fourth-order valence-corrected chi connectivity index (χ4v) is 5.03. The summed E-state index contributed by atoms with van der Waals surface area (Å²) in [6, 6.07) is -0.594. The first-order chi connectivity index (χ1) is 9.59. The van der Waals surface area contributed by atoms with E-state index in [2.05, 4.69) is 9.59 Å². The van der Waals surface area contributed by atoms with Crippen molar-refractivity contribution in [3.8, 4) is 0 Å². The molecule has 1 saturated heterocycles. The molecular weight excluding hydrogens is 320 g/mol. The predicted octanol–water partition coefficient (Wildman–Crippen LogP) is 0.310. The molecule has 7 nitrogen and oxygen atoms in total. The monoisotopic (exact) mass is 330 g/mol. The maximum Gasteiger partial charge on any atom is 0.353 e. The molecule has 0 aliphatic carbocycles. The summed E-state index contributed by atoms with van der Waals surface area (Å²) in [5.74, 6) is -0.323. The summed E-state index contributed by atoms with van der Waals surface area (Å²) in [4.78, 5) is 25.1. The minimum Gasteiger partial charge on any atom is -0.477 e. The van der Waals surface area contributed by atoms with E-state index in [9.17, 15) is 14.7 Å². The van der Waals surface area contributed by atoms with Crippen molar-refractivity contribution in [3.05, 3.63) is 21.7 Å². The number of carbonyl (C=O) groups is 2. The molecule has 3 heterocycles. The van der Waals surface area contributed by atoms with Crippen LogP contribution in [0, 0.1) is 0 Å². The lowest BCUT2D eigenvalue weighted by Gasteiger charge is -2.47. The molecule has 20 heavy (non-hydrogen) atoms. The minimum atomic E-state index is -1.09. The molecule has 0 aromatic carbocycles. The zero-order valence-corrected chi connectivity index (χ0v) is 12.5. The smallest absolute Gasteiger partial charge is 0.353 e. The number of nitrogens with two attached hydrogens (primary N) is 1. The summed E-state index contributed by atoms with van der Waals surface area (Å²) < 4.78 is 3.76. The molecule has 3 rings (SSSR count). The second kappa shape index (κ2) is 5.35. The van der Waals surface area contributed by atoms with E-state index in [1.807, 2.05) is 5.38 Å². The third-order valence-corrected chi connectivity index (χ3v) is 6.14. The van der Waals surface area contributed by atoms with Crippen LogP contribution >= 0.6 is 35.1 Å². The SMILES string of the molecule is N[C@@H]1C(=O)N2C(C(=O)O)=C(SCc3csnn3)CS[C@@H]12. The maximum absolute atomic E-state index is 11.7. The normalized spacial score (nSPS) is 25.4. The third-order valence-electron chi connectivity index (χ3n) is 2.98. The highest BCUT2D eigenvalue weighted by molar-refractivity contribution is 8.05. The average molecular weight is 330 g/mol. The number of carbonyl (C=O) groups excluding carboxylic acids is 1. The van der Waals surface area contributed by atoms with Crippen LogP contribution in [-0.2, 0) is 15.3 Å². The zero-order valence-electron chi connectivity index (χ0n) is 10.1. The number of carboxylic acid groups (broad SMARTS) is 1. The van der Waals surface area contributed by atoms with E-state index in [-0.39, 0.29) is 17.0 Å². The van der Waals surface area contributed by atoms with Crippen LogP contribution < -0.4 is 5.73 Å². The van der Waals surface area contributed by atoms with Gasteiger partial charge in [-0.15, -0.1) is 28.6 Å². The van der Waals surface area contributed by atoms with Gasteiger partial charge in [0, 0.05) is 21.8 Å². The molecule has 1 aromatic heterocycles. The van der Waals surface area contributed by atoms with Crippen LogP contribution in [0.5, 0.6) is 0 Å². The van der Waals surface area contributed by atoms with E-state index in [1.54, 1.807) is 0 Å². The topological polar surface area (TPSA) is 109 Å². The van der Waals surface area contributed by atoms with Crippen LogP contribution in [0.25, 0.3) is 0 Å². The summed E-state index contributed by atoms with van der Waals surface area (Å²) >= 11 is 4.13. The van der Waals surface area contributed by atoms with Gasteiger partial charge in [-0.2, -0.15) is 0 Å². The van der Waals surface area contributed by atoms with Crippen LogP contribution in [0.3, 0.4) is 0 Å². The molecule has 3 N–H and O–H groups in total. The largest absolute Gasteiger partial charge is 0.477 e. The van der Waals surface area contributed by atoms with Gasteiger partial charge in [-0.05, 0) is 11.5 Å². The number of rotatable bonds is 4. The number of carboxylic acids is 1. The molecule has 0 bridgehead atoms. The van der Waals surface area contributed by atoms with Crippen molar-refractivity contribution in [2.45, 2.75) is 17.2 Å². The molecule has 106 valence electrons. The molecule has 0 saturated carbocycles. The summed E-state index contributed by atoms with van der Waals surface area (Å²) in [6.07, 6.45) is 0. The van der Waals surface area contributed by atoms with Crippen LogP contribution in [0.2, 0.25) is 0 Å². The number of thioether (sulfide) groups is 2. The highest BCUT2D eigenvalue weighted by Gasteiger charge is 2.51. The number of nitrogens with zero attached hydrogens (tertiary/aromatic N) is 3. The Morgan fingerprint density at radius 3 is 3.10 bits per heavy atom. The van der Waals surface area contributed by atoms with Crippen molar-refractivity contribution >= 4 is 46.9 Å². The lowest BCUT2D eigenvalue weighted by Crippen LogP contribution is -2.68. The van der Waals surface area contributed by atoms with Gasteiger partial charge in [-0.25, -0.2) is 4.79 Å². The molecule has 1 amide bonds. The van der Waals surface area contributed by atoms with Crippen LogP contribution in [0.4, 0.5) is 0 Å². The number of hydrogen-bond donors (Lipinski definition) is 2. The molecule has 2 atom stereocenters. The van der Waals surface area contributed by atoms with Crippen molar-refractivity contribution in [2.24, 2.45) is 5.73 Å². The number of amides is 1. The van der Waals surface area contributed by atoms with Crippen molar-refractivity contribution in [1.29, 1.82) is 0 Å². The number of hydrogen-bond acceptors (Lipinski definition) is 8. The van der Waals surface area contributed by atoms with Gasteiger partial charge in [-0.1, -0.05) is 4.49 Å². The minimum absolute atomic E-state index is 0.0636. The highest BCUT2D eigenvalue weighted by Crippen LogP contribution is 2.43. The molecule has 1 aromatic rings. The summed E-state index contributed by atoms with van der Waals surface area (Å²) in [5.41, 5.74) is 6.55. The third kappa shape index (κ3) is 2.22. The van der Waals surface area contributed by atoms with E-state index >= 15 is 0 Å². The summed E-state index contributed by atoms with van der Waals surface area (Å²) in [5, 5.41) is 14.8. The van der Waals surface area contributed by atoms with Gasteiger partial charge in [-0.3, -0.25) is 9.69 Å². The van der Waals surface area contributed by atoms with Gasteiger partial charge in [0.15, 0.2) is 0 Å². The average Bonchev–Trinajstić information content (AvgIpc) is 2.96. The van der Waals surface area contributed by atoms with Crippen LogP contribution in [0.1, 0.15) is 5.69 Å². The second-order valence-corrected chi connectivity index (χ2v) is 6.98. The lowest BCUT2D eigenvalue weighted by atomic mass is 10.1. The second-order valence-electron chi connectivity index (χ2n) is 4.20. The van der Waals surface area contributed by atoms with E-state index in [0.29, 0.717) is 16.4 Å². The Morgan fingerprint density at radius 1 is 1.65 bits per heavy atom. The molecule has 2 aliphatic rings. The number of aliphatic carboxylic acids is 1. The Morgan fingerprint density at radius 2 is 2.45 bits per heavy atom. The Balaban J connectivity index is 1.82. The maximum atomic E-state index is 11.7. The predicted molar refractivity (Wildman–Crippen MR) is 76.9 cm³/mol. The number of β-lactam (4-membered cyclic amide) rings is 1. The molecule has 0 radical (unpaired) electrons. The molecule has 0 spiro atoms. The molecule has 2 aliphatic heterocycles. The summed E-state index contributed by atoms with van der Waals surface area (Å²) in [6.45, 7) is 0. The van der Waals surface area contributed by atoms with Gasteiger partial charge in [0.05, 0.1) is 5.69 Å². The van der Waals surface area contributed by atoms with E-state index in [4.69, 9.17) is 5.73 Å². The fourth-order valence-electron chi connectivity index (χ4n) is 2.01. The molecule has 10 heteroatoms. The van der Waals surface area contributed by atoms with E-state index < -0.39 is 12.0 Å². The van der Waals surface area contributed by atoms with Crippen LogP contribution in [0.15, 0.2) is 16.0 Å². The Hall–Kier alpha value is -1.10. The Labute approximate surface area is 126 Å². The first-order valence-electron chi connectivity index (χ1n) is 5.65. The van der Waals surface area contributed by atoms with Crippen molar-refractivity contribution in [3.63, 3.8) is 0 Å². The molecular formula is C10H10N4O3S3. The van der Waals surface area contributed by atoms with Gasteiger partial charge >= 0.3 is 5.97 Å². The van der Waals surface area contributed by atoms with Crippen molar-refractivity contribution < 1.29 is 14.7 Å². The Kier molecular flexibility index (Phi) is 3.71.